The first-order valence-corrected chi connectivity index (χ1v) is 6.59. The van der Waals surface area contributed by atoms with E-state index >= 15 is 0 Å². The van der Waals surface area contributed by atoms with Crippen LogP contribution in [-0.4, -0.2) is 31.6 Å². The Morgan fingerprint density at radius 2 is 1.86 bits per heavy atom. The average Bonchev–Trinajstić information content (AvgIpc) is 2.51. The molecule has 0 heterocycles. The van der Waals surface area contributed by atoms with Crippen molar-refractivity contribution < 1.29 is 19.1 Å². The van der Waals surface area contributed by atoms with E-state index in [4.69, 9.17) is 4.74 Å². The first kappa shape index (κ1) is 14.8. The molecular weight excluding hydrogens is 270 g/mol. The quantitative estimate of drug-likeness (QED) is 0.853. The minimum atomic E-state index is -0.696. The normalized spacial score (nSPS) is 11.7. The third-order valence-corrected chi connectivity index (χ3v) is 3.04. The number of carbonyl (C=O) groups excluding carboxylic acids is 2. The fourth-order valence-corrected chi connectivity index (χ4v) is 1.98. The van der Waals surface area contributed by atoms with Crippen molar-refractivity contribution >= 4 is 22.6 Å². The number of carbonyl (C=O) groups is 2. The molecule has 1 amide bonds. The monoisotopic (exact) mass is 287 g/mol. The Labute approximate surface area is 122 Å². The fourth-order valence-electron chi connectivity index (χ4n) is 1.98. The van der Waals surface area contributed by atoms with Gasteiger partial charge in [0.2, 0.25) is 0 Å². The van der Waals surface area contributed by atoms with Crippen molar-refractivity contribution in [2.24, 2.45) is 0 Å². The Morgan fingerprint density at radius 3 is 2.62 bits per heavy atom. The number of hydrogen-bond donors (Lipinski definition) is 1. The van der Waals surface area contributed by atoms with Crippen molar-refractivity contribution in [2.45, 2.75) is 13.0 Å². The van der Waals surface area contributed by atoms with E-state index in [0.29, 0.717) is 5.75 Å². The van der Waals surface area contributed by atoms with E-state index in [1.54, 1.807) is 13.0 Å². The summed E-state index contributed by atoms with van der Waals surface area (Å²) in [6.45, 7) is 1.40. The second kappa shape index (κ2) is 6.74. The van der Waals surface area contributed by atoms with Gasteiger partial charge in [0.25, 0.3) is 5.91 Å². The second-order valence-electron chi connectivity index (χ2n) is 4.58. The molecular formula is C16H17NO4. The largest absolute Gasteiger partial charge is 0.483 e. The molecule has 0 aliphatic rings. The Morgan fingerprint density at radius 1 is 1.14 bits per heavy atom. The second-order valence-corrected chi connectivity index (χ2v) is 4.58. The molecule has 2 aromatic rings. The summed E-state index contributed by atoms with van der Waals surface area (Å²) in [7, 11) is 1.28. The maximum absolute atomic E-state index is 11.7. The number of methoxy groups -OCH3 is 1. The summed E-state index contributed by atoms with van der Waals surface area (Å²) in [4.78, 5) is 23.0. The highest BCUT2D eigenvalue weighted by Gasteiger charge is 2.16. The zero-order valence-corrected chi connectivity index (χ0v) is 12.0. The van der Waals surface area contributed by atoms with Crippen LogP contribution in [0.15, 0.2) is 42.5 Å². The lowest BCUT2D eigenvalue weighted by Gasteiger charge is -2.13. The number of fused-ring (bicyclic) bond motifs is 1. The van der Waals surface area contributed by atoms with Gasteiger partial charge < -0.3 is 14.8 Å². The van der Waals surface area contributed by atoms with Gasteiger partial charge in [-0.2, -0.15) is 0 Å². The third-order valence-electron chi connectivity index (χ3n) is 3.04. The molecule has 0 bridgehead atoms. The molecule has 1 atom stereocenters. The van der Waals surface area contributed by atoms with Crippen molar-refractivity contribution in [3.8, 4) is 5.75 Å². The minimum absolute atomic E-state index is 0.157. The molecule has 0 radical (unpaired) electrons. The smallest absolute Gasteiger partial charge is 0.328 e. The molecule has 0 fully saturated rings. The van der Waals surface area contributed by atoms with Crippen LogP contribution in [-0.2, 0) is 14.3 Å². The van der Waals surface area contributed by atoms with E-state index in [0.717, 1.165) is 10.8 Å². The van der Waals surface area contributed by atoms with Crippen molar-refractivity contribution in [3.63, 3.8) is 0 Å². The summed E-state index contributed by atoms with van der Waals surface area (Å²) in [6.07, 6.45) is 0. The first-order chi connectivity index (χ1) is 10.1. The number of amides is 1. The first-order valence-electron chi connectivity index (χ1n) is 6.59. The van der Waals surface area contributed by atoms with E-state index in [9.17, 15) is 9.59 Å². The molecule has 0 saturated heterocycles. The van der Waals surface area contributed by atoms with Gasteiger partial charge in [0.05, 0.1) is 7.11 Å². The van der Waals surface area contributed by atoms with Gasteiger partial charge in [-0.1, -0.05) is 36.4 Å². The zero-order chi connectivity index (χ0) is 15.2. The summed E-state index contributed by atoms with van der Waals surface area (Å²) in [5.74, 6) is -0.233. The topological polar surface area (TPSA) is 64.6 Å². The predicted octanol–water partition coefficient (Wildman–Crippen LogP) is 1.90. The van der Waals surface area contributed by atoms with E-state index < -0.39 is 12.0 Å². The minimum Gasteiger partial charge on any atom is -0.483 e. The summed E-state index contributed by atoms with van der Waals surface area (Å²) in [5, 5.41) is 4.49. The van der Waals surface area contributed by atoms with Crippen molar-refractivity contribution in [3.05, 3.63) is 42.5 Å². The van der Waals surface area contributed by atoms with Gasteiger partial charge >= 0.3 is 5.97 Å². The lowest BCUT2D eigenvalue weighted by Crippen LogP contribution is -2.41. The molecule has 0 spiro atoms. The van der Waals surface area contributed by atoms with Crippen LogP contribution in [0, 0.1) is 0 Å². The highest BCUT2D eigenvalue weighted by molar-refractivity contribution is 5.89. The van der Waals surface area contributed by atoms with Gasteiger partial charge in [-0.05, 0) is 18.4 Å². The maximum atomic E-state index is 11.7. The van der Waals surface area contributed by atoms with Crippen LogP contribution >= 0.6 is 0 Å². The van der Waals surface area contributed by atoms with E-state index in [-0.39, 0.29) is 12.5 Å². The predicted molar refractivity (Wildman–Crippen MR) is 79.1 cm³/mol. The van der Waals surface area contributed by atoms with Gasteiger partial charge in [-0.3, -0.25) is 4.79 Å². The van der Waals surface area contributed by atoms with Crippen LogP contribution in [0.25, 0.3) is 10.8 Å². The lowest BCUT2D eigenvalue weighted by molar-refractivity contribution is -0.144. The van der Waals surface area contributed by atoms with Crippen molar-refractivity contribution in [2.75, 3.05) is 13.7 Å². The Balaban J connectivity index is 1.99. The van der Waals surface area contributed by atoms with Crippen LogP contribution in [0.5, 0.6) is 5.75 Å². The third kappa shape index (κ3) is 3.72. The number of benzene rings is 2. The zero-order valence-electron chi connectivity index (χ0n) is 12.0. The van der Waals surface area contributed by atoms with Crippen LogP contribution in [0.1, 0.15) is 6.92 Å². The molecule has 1 unspecified atom stereocenters. The molecule has 5 heteroatoms. The number of rotatable bonds is 5. The highest BCUT2D eigenvalue weighted by Crippen LogP contribution is 2.24. The molecule has 0 aromatic heterocycles. The van der Waals surface area contributed by atoms with Crippen LogP contribution in [0.3, 0.4) is 0 Å². The van der Waals surface area contributed by atoms with Crippen LogP contribution in [0.2, 0.25) is 0 Å². The van der Waals surface area contributed by atoms with Gasteiger partial charge in [-0.15, -0.1) is 0 Å². The highest BCUT2D eigenvalue weighted by atomic mass is 16.5. The molecule has 0 aliphatic heterocycles. The Bertz CT molecular complexity index is 648. The van der Waals surface area contributed by atoms with E-state index in [1.807, 2.05) is 36.4 Å². The SMILES string of the molecule is COC(=O)C(C)NC(=O)COc1cccc2ccccc12. The molecule has 21 heavy (non-hydrogen) atoms. The number of nitrogens with one attached hydrogen (secondary N) is 1. The summed E-state index contributed by atoms with van der Waals surface area (Å²) >= 11 is 0. The number of ether oxygens (including phenoxy) is 2. The number of esters is 1. The Hall–Kier alpha value is -2.56. The van der Waals surface area contributed by atoms with Crippen molar-refractivity contribution in [1.29, 1.82) is 0 Å². The standard InChI is InChI=1S/C16H17NO4/c1-11(16(19)20-2)17-15(18)10-21-14-9-5-7-12-6-3-4-8-13(12)14/h3-9,11H,10H2,1-2H3,(H,17,18). The summed E-state index contributed by atoms with van der Waals surface area (Å²) in [6, 6.07) is 12.7. The van der Waals surface area contributed by atoms with Gasteiger partial charge in [-0.25, -0.2) is 4.79 Å². The van der Waals surface area contributed by atoms with Crippen molar-refractivity contribution in [1.82, 2.24) is 5.32 Å². The van der Waals surface area contributed by atoms with E-state index in [2.05, 4.69) is 10.1 Å². The molecule has 0 saturated carbocycles. The van der Waals surface area contributed by atoms with Crippen LogP contribution in [0.4, 0.5) is 0 Å². The molecule has 110 valence electrons. The maximum Gasteiger partial charge on any atom is 0.328 e. The average molecular weight is 287 g/mol. The molecule has 5 nitrogen and oxygen atoms in total. The molecule has 0 aliphatic carbocycles. The fraction of sp³-hybridized carbons (Fsp3) is 0.250. The van der Waals surface area contributed by atoms with Gasteiger partial charge in [0.1, 0.15) is 11.8 Å². The molecule has 2 aromatic carbocycles. The summed E-state index contributed by atoms with van der Waals surface area (Å²) < 4.78 is 10.1. The number of hydrogen-bond acceptors (Lipinski definition) is 4. The summed E-state index contributed by atoms with van der Waals surface area (Å²) in [5.41, 5.74) is 0. The van der Waals surface area contributed by atoms with Gasteiger partial charge in [0.15, 0.2) is 6.61 Å². The van der Waals surface area contributed by atoms with Gasteiger partial charge in [0, 0.05) is 5.39 Å². The van der Waals surface area contributed by atoms with Crippen LogP contribution < -0.4 is 10.1 Å². The molecule has 1 N–H and O–H groups in total. The Kier molecular flexibility index (Phi) is 4.77. The molecule has 2 rings (SSSR count). The van der Waals surface area contributed by atoms with E-state index in [1.165, 1.54) is 7.11 Å². The lowest BCUT2D eigenvalue weighted by atomic mass is 10.1.